The van der Waals surface area contributed by atoms with E-state index in [1.54, 1.807) is 0 Å². The quantitative estimate of drug-likeness (QED) is 0.309. The minimum atomic E-state index is -0.463. The molecule has 1 fully saturated rings. The van der Waals surface area contributed by atoms with Crippen molar-refractivity contribution in [3.05, 3.63) is 65.2 Å². The van der Waals surface area contributed by atoms with E-state index in [2.05, 4.69) is 19.6 Å². The molecule has 4 aromatic rings. The maximum Gasteiger partial charge on any atom is 0.324 e. The van der Waals surface area contributed by atoms with Crippen molar-refractivity contribution in [1.82, 2.24) is 19.7 Å². The van der Waals surface area contributed by atoms with E-state index in [1.807, 2.05) is 32.0 Å². The van der Waals surface area contributed by atoms with Gasteiger partial charge in [0.1, 0.15) is 23.2 Å². The Morgan fingerprint density at radius 1 is 1.07 bits per heavy atom. The van der Waals surface area contributed by atoms with Crippen LogP contribution in [0.4, 0.5) is 14.8 Å². The van der Waals surface area contributed by atoms with Gasteiger partial charge in [-0.25, -0.2) is 13.8 Å². The number of hydrogen-bond donors (Lipinski definition) is 1. The Hall–Kier alpha value is -2.95. The van der Waals surface area contributed by atoms with Crippen LogP contribution < -0.4 is 15.4 Å². The summed E-state index contributed by atoms with van der Waals surface area (Å²) in [5.74, 6) is 1.77. The summed E-state index contributed by atoms with van der Waals surface area (Å²) in [6.45, 7) is 6.92. The Kier molecular flexibility index (Phi) is 9.22. The first-order chi connectivity index (χ1) is 18.4. The van der Waals surface area contributed by atoms with E-state index in [-0.39, 0.29) is 42.7 Å². The van der Waals surface area contributed by atoms with Gasteiger partial charge in [-0.3, -0.25) is 0 Å². The normalized spacial score (nSPS) is 19.3. The predicted octanol–water partition coefficient (Wildman–Crippen LogP) is 5.63. The molecule has 40 heavy (non-hydrogen) atoms. The minimum absolute atomic E-state index is 0. The minimum Gasteiger partial charge on any atom is -0.493 e. The van der Waals surface area contributed by atoms with Crippen molar-refractivity contribution in [2.45, 2.75) is 57.5 Å². The second kappa shape index (κ2) is 12.3. The Morgan fingerprint density at radius 2 is 1.85 bits per heavy atom. The van der Waals surface area contributed by atoms with Crippen LogP contribution in [0.15, 0.2) is 40.9 Å². The fourth-order valence-electron chi connectivity index (χ4n) is 5.53. The summed E-state index contributed by atoms with van der Waals surface area (Å²) in [7, 11) is 0. The number of imidazole rings is 1. The van der Waals surface area contributed by atoms with Gasteiger partial charge in [-0.15, -0.1) is 24.8 Å². The maximum atomic E-state index is 14.5. The highest BCUT2D eigenvalue weighted by Gasteiger charge is 2.31. The molecular weight excluding hydrogens is 561 g/mol. The molecule has 0 radical (unpaired) electrons. The summed E-state index contributed by atoms with van der Waals surface area (Å²) in [5, 5.41) is 4.07. The Bertz CT molecular complexity index is 1450. The van der Waals surface area contributed by atoms with Gasteiger partial charge < -0.3 is 24.5 Å². The van der Waals surface area contributed by atoms with E-state index in [9.17, 15) is 8.78 Å². The average Bonchev–Trinajstić information content (AvgIpc) is 3.54. The first-order valence-electron chi connectivity index (χ1n) is 13.3. The predicted molar refractivity (Wildman–Crippen MR) is 154 cm³/mol. The number of halogens is 4. The molecule has 1 saturated heterocycles. The van der Waals surface area contributed by atoms with Gasteiger partial charge in [0, 0.05) is 50.0 Å². The van der Waals surface area contributed by atoms with Crippen LogP contribution in [0.1, 0.15) is 55.7 Å². The molecule has 0 amide bonds. The Morgan fingerprint density at radius 3 is 2.58 bits per heavy atom. The molecule has 4 heterocycles. The van der Waals surface area contributed by atoms with Gasteiger partial charge in [0.05, 0.1) is 17.6 Å². The average molecular weight is 596 g/mol. The number of piperidine rings is 1. The Balaban J connectivity index is 0.00000185. The third kappa shape index (κ3) is 5.89. The van der Waals surface area contributed by atoms with Gasteiger partial charge >= 0.3 is 6.01 Å². The topological polar surface area (TPSA) is 95.2 Å². The lowest BCUT2D eigenvalue weighted by Gasteiger charge is -2.30. The van der Waals surface area contributed by atoms with Crippen molar-refractivity contribution in [2.75, 3.05) is 24.6 Å². The number of aromatic nitrogens is 4. The number of benzene rings is 2. The second-order valence-corrected chi connectivity index (χ2v) is 10.8. The Labute approximate surface area is 244 Å². The highest BCUT2D eigenvalue weighted by atomic mass is 35.5. The van der Waals surface area contributed by atoms with E-state index < -0.39 is 11.6 Å². The molecule has 0 aliphatic carbocycles. The SMILES string of the molecule is CC(C)c1noc(N2CCC(COc3ccc4c(c3)nc3n4C[C@H](N)[C@@H](c4cc(F)ccc4F)C3)CC2)n1.Cl.Cl. The van der Waals surface area contributed by atoms with E-state index in [4.69, 9.17) is 20.0 Å². The zero-order valence-corrected chi connectivity index (χ0v) is 24.1. The van der Waals surface area contributed by atoms with Gasteiger partial charge in [-0.1, -0.05) is 19.0 Å². The van der Waals surface area contributed by atoms with Crippen molar-refractivity contribution in [3.63, 3.8) is 0 Å². The summed E-state index contributed by atoms with van der Waals surface area (Å²) >= 11 is 0. The lowest BCUT2D eigenvalue weighted by atomic mass is 9.86. The number of fused-ring (bicyclic) bond motifs is 3. The second-order valence-electron chi connectivity index (χ2n) is 10.8. The lowest BCUT2D eigenvalue weighted by Crippen LogP contribution is -2.39. The van der Waals surface area contributed by atoms with Crippen LogP contribution in [-0.2, 0) is 13.0 Å². The zero-order chi connectivity index (χ0) is 26.4. The number of hydrogen-bond acceptors (Lipinski definition) is 7. The third-order valence-electron chi connectivity index (χ3n) is 7.79. The van der Waals surface area contributed by atoms with Gasteiger partial charge in [0.15, 0.2) is 5.82 Å². The monoisotopic (exact) mass is 594 g/mol. The number of anilines is 1. The standard InChI is InChI=1S/C28H32F2N6O2.2ClH/c1-16(2)27-33-28(38-34-27)35-9-7-17(8-10-35)15-37-19-4-6-25-24(12-19)32-26-13-21(23(31)14-36(25)26)20-11-18(29)3-5-22(20)30;;/h3-6,11-12,16-17,21,23H,7-10,13-15,31H2,1-2H3;2*1H/t21-,23+;;/m1../s1. The molecule has 2 aliphatic rings. The van der Waals surface area contributed by atoms with Gasteiger partial charge in [0.2, 0.25) is 0 Å². The molecule has 0 saturated carbocycles. The first-order valence-corrected chi connectivity index (χ1v) is 13.3. The molecule has 0 spiro atoms. The molecule has 2 aromatic carbocycles. The number of nitrogens with two attached hydrogens (primary N) is 1. The fraction of sp³-hybridized carbons (Fsp3) is 0.464. The van der Waals surface area contributed by atoms with E-state index >= 15 is 0 Å². The molecule has 2 aliphatic heterocycles. The summed E-state index contributed by atoms with van der Waals surface area (Å²) in [4.78, 5) is 11.5. The fourth-order valence-corrected chi connectivity index (χ4v) is 5.53. The summed E-state index contributed by atoms with van der Waals surface area (Å²) < 4.78 is 42.0. The van der Waals surface area contributed by atoms with E-state index in [1.165, 1.54) is 6.07 Å². The number of nitrogens with zero attached hydrogens (tertiary/aromatic N) is 5. The first kappa shape index (κ1) is 30.0. The van der Waals surface area contributed by atoms with Crippen LogP contribution in [0.25, 0.3) is 11.0 Å². The van der Waals surface area contributed by atoms with Crippen molar-refractivity contribution in [3.8, 4) is 5.75 Å². The summed E-state index contributed by atoms with van der Waals surface area (Å²) in [6, 6.07) is 9.71. The molecular formula is C28H34Cl2F2N6O2. The van der Waals surface area contributed by atoms with Crippen LogP contribution in [-0.4, -0.2) is 45.4 Å². The van der Waals surface area contributed by atoms with Crippen molar-refractivity contribution < 1.29 is 18.0 Å². The molecule has 12 heteroatoms. The largest absolute Gasteiger partial charge is 0.493 e. The molecule has 0 unspecified atom stereocenters. The third-order valence-corrected chi connectivity index (χ3v) is 7.79. The van der Waals surface area contributed by atoms with E-state index in [0.717, 1.165) is 66.5 Å². The van der Waals surface area contributed by atoms with Crippen molar-refractivity contribution in [1.29, 1.82) is 0 Å². The van der Waals surface area contributed by atoms with Gasteiger partial charge in [-0.05, 0) is 54.7 Å². The van der Waals surface area contributed by atoms with Gasteiger partial charge in [0.25, 0.3) is 0 Å². The number of ether oxygens (including phenoxy) is 1. The summed E-state index contributed by atoms with van der Waals surface area (Å²) in [5.41, 5.74) is 8.53. The summed E-state index contributed by atoms with van der Waals surface area (Å²) in [6.07, 6.45) is 2.41. The highest BCUT2D eigenvalue weighted by Crippen LogP contribution is 2.34. The zero-order valence-electron chi connectivity index (χ0n) is 22.4. The van der Waals surface area contributed by atoms with Crippen LogP contribution in [0.5, 0.6) is 5.75 Å². The molecule has 2 aromatic heterocycles. The van der Waals surface area contributed by atoms with Crippen molar-refractivity contribution in [2.24, 2.45) is 11.7 Å². The van der Waals surface area contributed by atoms with Crippen molar-refractivity contribution >= 4 is 41.9 Å². The molecule has 8 nitrogen and oxygen atoms in total. The van der Waals surface area contributed by atoms with Crippen LogP contribution >= 0.6 is 24.8 Å². The lowest BCUT2D eigenvalue weighted by molar-refractivity contribution is 0.220. The molecule has 6 rings (SSSR count). The van der Waals surface area contributed by atoms with Crippen LogP contribution in [0.3, 0.4) is 0 Å². The number of rotatable bonds is 6. The van der Waals surface area contributed by atoms with Crippen LogP contribution in [0, 0.1) is 17.6 Å². The smallest absolute Gasteiger partial charge is 0.324 e. The molecule has 0 bridgehead atoms. The molecule has 2 atom stereocenters. The van der Waals surface area contributed by atoms with Gasteiger partial charge in [-0.2, -0.15) is 4.98 Å². The van der Waals surface area contributed by atoms with E-state index in [0.29, 0.717) is 37.1 Å². The molecule has 2 N–H and O–H groups in total. The highest BCUT2D eigenvalue weighted by molar-refractivity contribution is 5.85. The van der Waals surface area contributed by atoms with Crippen LogP contribution in [0.2, 0.25) is 0 Å². The maximum absolute atomic E-state index is 14.5. The molecule has 216 valence electrons.